The molecule has 3 unspecified atom stereocenters. The minimum absolute atomic E-state index is 0.125. The number of rotatable bonds is 5. The number of hydrogen-bond acceptors (Lipinski definition) is 4. The largest absolute Gasteiger partial charge is 0.497 e. The summed E-state index contributed by atoms with van der Waals surface area (Å²) in [6, 6.07) is 10.5. The maximum absolute atomic E-state index is 14.0. The molecule has 3 atom stereocenters. The molecule has 6 heteroatoms. The SMILES string of the molecule is COc1ccc(OC)c(/C=C(\C(=O)N2CC3CC2C(C)C(C)(C)C3)n2ccccc2=O)c1. The zero-order chi connectivity index (χ0) is 23.0. The molecule has 1 aromatic carbocycles. The van der Waals surface area contributed by atoms with Crippen LogP contribution in [0.4, 0.5) is 0 Å². The molecule has 32 heavy (non-hydrogen) atoms. The zero-order valence-electron chi connectivity index (χ0n) is 19.5. The first-order valence-electron chi connectivity index (χ1n) is 11.2. The molecule has 1 saturated carbocycles. The highest BCUT2D eigenvalue weighted by Crippen LogP contribution is 2.49. The summed E-state index contributed by atoms with van der Waals surface area (Å²) in [4.78, 5) is 28.7. The molecule has 1 saturated heterocycles. The van der Waals surface area contributed by atoms with E-state index in [1.165, 1.54) is 10.6 Å². The monoisotopic (exact) mass is 436 g/mol. The van der Waals surface area contributed by atoms with Gasteiger partial charge in [-0.15, -0.1) is 0 Å². The van der Waals surface area contributed by atoms with Gasteiger partial charge in [0.1, 0.15) is 17.2 Å². The van der Waals surface area contributed by atoms with E-state index in [1.54, 1.807) is 50.8 Å². The van der Waals surface area contributed by atoms with Gasteiger partial charge in [-0.2, -0.15) is 0 Å². The molecule has 1 aliphatic carbocycles. The van der Waals surface area contributed by atoms with E-state index >= 15 is 0 Å². The number of aromatic nitrogens is 1. The third-order valence-corrected chi connectivity index (χ3v) is 7.35. The third kappa shape index (κ3) is 3.94. The maximum atomic E-state index is 14.0. The second-order valence-electron chi connectivity index (χ2n) is 9.65. The summed E-state index contributed by atoms with van der Waals surface area (Å²) in [6.07, 6.45) is 5.52. The van der Waals surface area contributed by atoms with Crippen LogP contribution < -0.4 is 15.0 Å². The van der Waals surface area contributed by atoms with Crippen molar-refractivity contribution in [3.63, 3.8) is 0 Å². The zero-order valence-corrected chi connectivity index (χ0v) is 19.5. The summed E-state index contributed by atoms with van der Waals surface area (Å²) in [5.41, 5.74) is 0.942. The average molecular weight is 437 g/mol. The Morgan fingerprint density at radius 3 is 2.62 bits per heavy atom. The summed E-state index contributed by atoms with van der Waals surface area (Å²) in [5, 5.41) is 0. The number of carbonyl (C=O) groups is 1. The lowest BCUT2D eigenvalue weighted by Gasteiger charge is -2.42. The fourth-order valence-corrected chi connectivity index (χ4v) is 5.37. The normalized spacial score (nSPS) is 24.3. The Hall–Kier alpha value is -3.02. The summed E-state index contributed by atoms with van der Waals surface area (Å²) in [5.74, 6) is 2.01. The van der Waals surface area contributed by atoms with Crippen LogP contribution in [0.1, 0.15) is 39.2 Å². The van der Waals surface area contributed by atoms with Crippen molar-refractivity contribution in [2.45, 2.75) is 39.7 Å². The topological polar surface area (TPSA) is 60.8 Å². The first kappa shape index (κ1) is 22.2. The van der Waals surface area contributed by atoms with Crippen LogP contribution >= 0.6 is 0 Å². The van der Waals surface area contributed by atoms with Gasteiger partial charge < -0.3 is 14.4 Å². The molecule has 1 aliphatic heterocycles. The van der Waals surface area contributed by atoms with Crippen LogP contribution in [0, 0.1) is 17.3 Å². The number of fused-ring (bicyclic) bond motifs is 2. The molecule has 2 heterocycles. The van der Waals surface area contributed by atoms with Gasteiger partial charge in [-0.3, -0.25) is 14.2 Å². The van der Waals surface area contributed by atoms with E-state index in [4.69, 9.17) is 9.47 Å². The standard InChI is InChI=1S/C26H32N2O4/c1-17-21-12-18(15-26(17,2)3)16-28(21)25(30)22(27-11-7-6-8-24(27)29)14-19-13-20(31-4)9-10-23(19)32-5/h6-11,13-14,17-18,21H,12,15-16H2,1-5H3/b22-14+. The smallest absolute Gasteiger partial charge is 0.271 e. The molecule has 6 nitrogen and oxygen atoms in total. The minimum atomic E-state index is -0.246. The number of amides is 1. The molecule has 0 spiro atoms. The fourth-order valence-electron chi connectivity index (χ4n) is 5.37. The first-order valence-corrected chi connectivity index (χ1v) is 11.2. The molecule has 170 valence electrons. The molecule has 1 aromatic heterocycles. The molecule has 1 amide bonds. The van der Waals surface area contributed by atoms with Crippen molar-refractivity contribution < 1.29 is 14.3 Å². The molecule has 2 aromatic rings. The van der Waals surface area contributed by atoms with Crippen LogP contribution in [0.25, 0.3) is 11.8 Å². The van der Waals surface area contributed by atoms with E-state index in [0.29, 0.717) is 34.6 Å². The van der Waals surface area contributed by atoms with Crippen LogP contribution in [0.15, 0.2) is 47.4 Å². The van der Waals surface area contributed by atoms with Gasteiger partial charge >= 0.3 is 0 Å². The molecule has 2 bridgehead atoms. The van der Waals surface area contributed by atoms with Gasteiger partial charge in [-0.05, 0) is 60.4 Å². The summed E-state index contributed by atoms with van der Waals surface area (Å²) in [7, 11) is 3.18. The number of benzene rings is 1. The van der Waals surface area contributed by atoms with Crippen molar-refractivity contribution in [1.29, 1.82) is 0 Å². The molecule has 2 fully saturated rings. The second kappa shape index (κ2) is 8.49. The van der Waals surface area contributed by atoms with E-state index in [0.717, 1.165) is 19.4 Å². The molecule has 0 radical (unpaired) electrons. The van der Waals surface area contributed by atoms with Crippen LogP contribution in [0.3, 0.4) is 0 Å². The lowest BCUT2D eigenvalue weighted by atomic mass is 9.65. The van der Waals surface area contributed by atoms with Crippen molar-refractivity contribution in [3.05, 3.63) is 58.5 Å². The van der Waals surface area contributed by atoms with Gasteiger partial charge in [0.05, 0.1) is 14.2 Å². The minimum Gasteiger partial charge on any atom is -0.497 e. The Balaban J connectivity index is 1.82. The molecular weight excluding hydrogens is 404 g/mol. The molecule has 4 rings (SSSR count). The highest BCUT2D eigenvalue weighted by Gasteiger charge is 2.49. The number of nitrogens with zero attached hydrogens (tertiary/aromatic N) is 2. The average Bonchev–Trinajstić information content (AvgIpc) is 3.15. The second-order valence-corrected chi connectivity index (χ2v) is 9.65. The number of hydrogen-bond donors (Lipinski definition) is 0. The van der Waals surface area contributed by atoms with E-state index in [-0.39, 0.29) is 22.9 Å². The van der Waals surface area contributed by atoms with Crippen molar-refractivity contribution in [3.8, 4) is 11.5 Å². The number of carbonyl (C=O) groups excluding carboxylic acids is 1. The predicted molar refractivity (Wildman–Crippen MR) is 126 cm³/mol. The van der Waals surface area contributed by atoms with Gasteiger partial charge in [-0.25, -0.2) is 0 Å². The highest BCUT2D eigenvalue weighted by molar-refractivity contribution is 6.18. The van der Waals surface area contributed by atoms with Crippen LogP contribution in [0.5, 0.6) is 11.5 Å². The third-order valence-electron chi connectivity index (χ3n) is 7.35. The summed E-state index contributed by atoms with van der Waals surface area (Å²) < 4.78 is 12.3. The van der Waals surface area contributed by atoms with Gasteiger partial charge in [0.15, 0.2) is 0 Å². The number of likely N-dealkylation sites (tertiary alicyclic amines) is 1. The van der Waals surface area contributed by atoms with Gasteiger partial charge in [0.2, 0.25) is 0 Å². The van der Waals surface area contributed by atoms with Crippen molar-refractivity contribution in [2.75, 3.05) is 20.8 Å². The molecular formula is C26H32N2O4. The van der Waals surface area contributed by atoms with E-state index in [9.17, 15) is 9.59 Å². The Morgan fingerprint density at radius 1 is 1.16 bits per heavy atom. The quantitative estimate of drug-likeness (QED) is 0.661. The van der Waals surface area contributed by atoms with Crippen LogP contribution in [-0.4, -0.2) is 42.2 Å². The Kier molecular flexibility index (Phi) is 5.89. The summed E-state index contributed by atoms with van der Waals surface area (Å²) >= 11 is 0. The van der Waals surface area contributed by atoms with Crippen LogP contribution in [-0.2, 0) is 4.79 Å². The number of ether oxygens (including phenoxy) is 2. The first-order chi connectivity index (χ1) is 15.2. The number of methoxy groups -OCH3 is 2. The number of pyridine rings is 1. The van der Waals surface area contributed by atoms with Crippen molar-refractivity contribution >= 4 is 17.7 Å². The Labute approximate surface area is 189 Å². The molecule has 2 aliphatic rings. The fraction of sp³-hybridized carbons (Fsp3) is 0.462. The molecule has 0 N–H and O–H groups in total. The van der Waals surface area contributed by atoms with Gasteiger partial charge in [-0.1, -0.05) is 26.8 Å². The Morgan fingerprint density at radius 2 is 1.94 bits per heavy atom. The maximum Gasteiger partial charge on any atom is 0.271 e. The van der Waals surface area contributed by atoms with Gasteiger partial charge in [0, 0.05) is 30.4 Å². The lowest BCUT2D eigenvalue weighted by Crippen LogP contribution is -2.45. The van der Waals surface area contributed by atoms with Crippen molar-refractivity contribution in [2.24, 2.45) is 17.3 Å². The lowest BCUT2D eigenvalue weighted by molar-refractivity contribution is -0.127. The van der Waals surface area contributed by atoms with E-state index < -0.39 is 0 Å². The summed E-state index contributed by atoms with van der Waals surface area (Å²) in [6.45, 7) is 7.57. The van der Waals surface area contributed by atoms with E-state index in [1.807, 2.05) is 11.0 Å². The Bertz CT molecular complexity index is 1100. The predicted octanol–water partition coefficient (Wildman–Crippen LogP) is 4.15. The van der Waals surface area contributed by atoms with Crippen LogP contribution in [0.2, 0.25) is 0 Å². The highest BCUT2D eigenvalue weighted by atomic mass is 16.5. The van der Waals surface area contributed by atoms with Gasteiger partial charge in [0.25, 0.3) is 11.5 Å². The van der Waals surface area contributed by atoms with E-state index in [2.05, 4.69) is 20.8 Å². The van der Waals surface area contributed by atoms with Crippen molar-refractivity contribution in [1.82, 2.24) is 9.47 Å².